The first-order valence-electron chi connectivity index (χ1n) is 15.5. The van der Waals surface area contributed by atoms with Crippen molar-refractivity contribution in [2.45, 2.75) is 63.8 Å². The minimum absolute atomic E-state index is 0.0355. The molecule has 4 aromatic rings. The summed E-state index contributed by atoms with van der Waals surface area (Å²) in [6.45, 7) is 12.9. The molecule has 0 unspecified atom stereocenters. The van der Waals surface area contributed by atoms with Crippen molar-refractivity contribution in [3.05, 3.63) is 145 Å². The fraction of sp³-hybridized carbons (Fsp3) is 0.308. The lowest BCUT2D eigenvalue weighted by atomic mass is 9.91. The van der Waals surface area contributed by atoms with Crippen molar-refractivity contribution in [3.63, 3.8) is 0 Å². The van der Waals surface area contributed by atoms with Gasteiger partial charge >= 0.3 is 0 Å². The summed E-state index contributed by atoms with van der Waals surface area (Å²) in [4.78, 5) is 16.1. The lowest BCUT2D eigenvalue weighted by Crippen LogP contribution is -2.67. The van der Waals surface area contributed by atoms with E-state index in [2.05, 4.69) is 82.8 Å². The van der Waals surface area contributed by atoms with Crippen molar-refractivity contribution < 1.29 is 14.3 Å². The van der Waals surface area contributed by atoms with Crippen LogP contribution >= 0.6 is 0 Å². The van der Waals surface area contributed by atoms with Crippen molar-refractivity contribution in [1.82, 2.24) is 4.90 Å². The second-order valence-electron chi connectivity index (χ2n) is 12.7. The van der Waals surface area contributed by atoms with Crippen LogP contribution in [-0.2, 0) is 9.22 Å². The number of amides is 1. The van der Waals surface area contributed by atoms with E-state index in [1.807, 2.05) is 78.9 Å². The first-order valence-corrected chi connectivity index (χ1v) is 17.5. The highest BCUT2D eigenvalue weighted by molar-refractivity contribution is 6.99. The molecule has 0 heterocycles. The summed E-state index contributed by atoms with van der Waals surface area (Å²) < 4.78 is 7.33. The molecule has 4 aromatic carbocycles. The van der Waals surface area contributed by atoms with Crippen LogP contribution in [0.1, 0.15) is 63.8 Å². The van der Waals surface area contributed by atoms with Crippen LogP contribution in [0.5, 0.6) is 0 Å². The van der Waals surface area contributed by atoms with Gasteiger partial charge in [0.2, 0.25) is 5.91 Å². The van der Waals surface area contributed by atoms with Crippen LogP contribution < -0.4 is 10.4 Å². The molecule has 230 valence electrons. The lowest BCUT2D eigenvalue weighted by molar-refractivity contribution is -0.140. The normalized spacial score (nSPS) is 14.7. The van der Waals surface area contributed by atoms with Gasteiger partial charge in [-0.15, -0.1) is 6.58 Å². The fourth-order valence-corrected chi connectivity index (χ4v) is 11.2. The molecule has 0 aliphatic carbocycles. The maximum absolute atomic E-state index is 14.3. The van der Waals surface area contributed by atoms with Crippen molar-refractivity contribution >= 4 is 24.6 Å². The van der Waals surface area contributed by atoms with Gasteiger partial charge in [-0.05, 0) is 46.3 Å². The van der Waals surface area contributed by atoms with Gasteiger partial charge in [0.05, 0.1) is 6.04 Å². The number of carbonyl (C=O) groups is 1. The third-order valence-electron chi connectivity index (χ3n) is 8.56. The maximum Gasteiger partial charge on any atom is 0.261 e. The van der Waals surface area contributed by atoms with E-state index >= 15 is 0 Å². The van der Waals surface area contributed by atoms with Gasteiger partial charge < -0.3 is 14.4 Å². The molecule has 4 rings (SSSR count). The molecule has 0 saturated heterocycles. The molecule has 0 aliphatic heterocycles. The molecule has 5 heteroatoms. The quantitative estimate of drug-likeness (QED) is 0.127. The Balaban J connectivity index is 1.67. The highest BCUT2D eigenvalue weighted by atomic mass is 28.4. The van der Waals surface area contributed by atoms with Crippen LogP contribution in [0.25, 0.3) is 0 Å². The van der Waals surface area contributed by atoms with Crippen LogP contribution in [0.2, 0.25) is 5.04 Å². The molecule has 0 aliphatic rings. The molecule has 0 bridgehead atoms. The molecule has 0 fully saturated rings. The Bertz CT molecular complexity index is 1420. The van der Waals surface area contributed by atoms with Gasteiger partial charge in [-0.1, -0.05) is 148 Å². The van der Waals surface area contributed by atoms with Gasteiger partial charge in [-0.2, -0.15) is 0 Å². The summed E-state index contributed by atoms with van der Waals surface area (Å²) in [6.07, 6.45) is 1.76. The average Bonchev–Trinajstić information content (AvgIpc) is 3.04. The number of hydrogen-bond acceptors (Lipinski definition) is 3. The van der Waals surface area contributed by atoms with Crippen molar-refractivity contribution in [2.75, 3.05) is 7.05 Å². The molecule has 4 atom stereocenters. The van der Waals surface area contributed by atoms with E-state index in [9.17, 15) is 9.90 Å². The van der Waals surface area contributed by atoms with Crippen molar-refractivity contribution in [2.24, 2.45) is 5.92 Å². The van der Waals surface area contributed by atoms with E-state index < -0.39 is 20.5 Å². The van der Waals surface area contributed by atoms with Gasteiger partial charge in [0.25, 0.3) is 8.32 Å². The van der Waals surface area contributed by atoms with Crippen molar-refractivity contribution in [3.8, 4) is 0 Å². The number of aliphatic hydroxyl groups excluding tert-OH is 1. The van der Waals surface area contributed by atoms with E-state index in [-0.39, 0.29) is 23.0 Å². The van der Waals surface area contributed by atoms with Crippen LogP contribution in [0.3, 0.4) is 0 Å². The Kier molecular flexibility index (Phi) is 11.1. The summed E-state index contributed by atoms with van der Waals surface area (Å²) >= 11 is 0. The number of allylic oxidation sites excluding steroid dienone is 1. The molecule has 1 N–H and O–H groups in total. The number of carbonyl (C=O) groups excluding carboxylic acids is 1. The Morgan fingerprint density at radius 1 is 0.818 bits per heavy atom. The number of hydrogen-bond donors (Lipinski definition) is 1. The summed E-state index contributed by atoms with van der Waals surface area (Å²) in [7, 11) is -0.990. The Morgan fingerprint density at radius 3 is 1.68 bits per heavy atom. The topological polar surface area (TPSA) is 49.8 Å². The number of nitrogens with zero attached hydrogens (tertiary/aromatic N) is 1. The van der Waals surface area contributed by atoms with Gasteiger partial charge in [-0.25, -0.2) is 0 Å². The van der Waals surface area contributed by atoms with Crippen LogP contribution in [0.15, 0.2) is 134 Å². The molecule has 0 spiro atoms. The summed E-state index contributed by atoms with van der Waals surface area (Å²) in [5, 5.41) is 13.9. The summed E-state index contributed by atoms with van der Waals surface area (Å²) in [5.74, 6) is -0.397. The van der Waals surface area contributed by atoms with E-state index in [1.54, 1.807) is 11.9 Å². The second kappa shape index (κ2) is 14.8. The highest BCUT2D eigenvalue weighted by Gasteiger charge is 2.51. The molecule has 44 heavy (non-hydrogen) atoms. The zero-order chi connectivity index (χ0) is 31.7. The zero-order valence-electron chi connectivity index (χ0n) is 26.8. The first kappa shape index (κ1) is 33.1. The van der Waals surface area contributed by atoms with Gasteiger partial charge in [0.15, 0.2) is 0 Å². The second-order valence-corrected chi connectivity index (χ2v) is 17.0. The Hall–Kier alpha value is -3.77. The largest absolute Gasteiger partial charge is 0.405 e. The number of rotatable bonds is 13. The SMILES string of the molecule is C=CC[C@@H](C[C@@H](C)O[Si](c1ccccc1)(c1ccccc1)C(C)(C)C)C(=O)N(C)[C@H](c1ccccc1)[C@H](O)c1ccccc1. The molecule has 0 aromatic heterocycles. The predicted octanol–water partition coefficient (Wildman–Crippen LogP) is 7.47. The molecule has 0 radical (unpaired) electrons. The third-order valence-corrected chi connectivity index (χ3v) is 13.7. The number of benzene rings is 4. The van der Waals surface area contributed by atoms with Gasteiger partial charge in [-0.3, -0.25) is 4.79 Å². The van der Waals surface area contributed by atoms with Crippen LogP contribution in [0.4, 0.5) is 0 Å². The lowest BCUT2D eigenvalue weighted by Gasteiger charge is -2.45. The Labute approximate surface area is 265 Å². The Morgan fingerprint density at radius 2 is 1.25 bits per heavy atom. The standard InChI is InChI=1S/C39H47NO3Si/c1-7-20-33(38(42)40(6)36(31-21-12-8-13-22-31)37(41)32-23-14-9-15-24-32)29-30(2)43-44(39(3,4)5,34-25-16-10-17-26-34)35-27-18-11-19-28-35/h7-19,21-28,30,33,36-37,41H,1,20,29H2,2-6H3/t30-,33+,36-,37-/m1/s1. The monoisotopic (exact) mass is 605 g/mol. The molecule has 1 amide bonds. The summed E-state index contributed by atoms with van der Waals surface area (Å²) in [5.41, 5.74) is 1.65. The smallest absolute Gasteiger partial charge is 0.261 e. The number of aliphatic hydroxyl groups is 1. The predicted molar refractivity (Wildman–Crippen MR) is 184 cm³/mol. The zero-order valence-corrected chi connectivity index (χ0v) is 27.8. The highest BCUT2D eigenvalue weighted by Crippen LogP contribution is 2.39. The van der Waals surface area contributed by atoms with Gasteiger partial charge in [0, 0.05) is 19.1 Å². The molecular formula is C39H47NO3Si. The summed E-state index contributed by atoms with van der Waals surface area (Å²) in [6, 6.07) is 39.9. The maximum atomic E-state index is 14.3. The van der Waals surface area contributed by atoms with E-state index in [1.165, 1.54) is 10.4 Å². The van der Waals surface area contributed by atoms with Crippen LogP contribution in [0, 0.1) is 5.92 Å². The molecule has 0 saturated carbocycles. The fourth-order valence-electron chi connectivity index (χ4n) is 6.47. The van der Waals surface area contributed by atoms with E-state index in [0.29, 0.717) is 12.8 Å². The minimum atomic E-state index is -2.79. The third kappa shape index (κ3) is 7.29. The molecular weight excluding hydrogens is 559 g/mol. The van der Waals surface area contributed by atoms with Gasteiger partial charge in [0.1, 0.15) is 6.10 Å². The van der Waals surface area contributed by atoms with Crippen molar-refractivity contribution in [1.29, 1.82) is 0 Å². The minimum Gasteiger partial charge on any atom is -0.405 e. The first-order chi connectivity index (χ1) is 21.1. The average molecular weight is 606 g/mol. The molecule has 4 nitrogen and oxygen atoms in total. The number of likely N-dealkylation sites (N-methyl/N-ethyl adjacent to an activating group) is 1. The van der Waals surface area contributed by atoms with E-state index in [0.717, 1.165) is 11.1 Å². The van der Waals surface area contributed by atoms with E-state index in [4.69, 9.17) is 4.43 Å². The van der Waals surface area contributed by atoms with Crippen LogP contribution in [-0.4, -0.2) is 37.4 Å².